The number of nitrogens with zero attached hydrogens (tertiary/aromatic N) is 2. The van der Waals surface area contributed by atoms with Crippen molar-refractivity contribution in [2.45, 2.75) is 6.61 Å². The van der Waals surface area contributed by atoms with Crippen molar-refractivity contribution < 1.29 is 4.74 Å². The van der Waals surface area contributed by atoms with E-state index in [2.05, 4.69) is 21.4 Å². The van der Waals surface area contributed by atoms with Crippen molar-refractivity contribution in [3.8, 4) is 10.4 Å². The molecule has 0 aliphatic heterocycles. The number of fused-ring (bicyclic) bond motifs is 1. The van der Waals surface area contributed by atoms with Crippen molar-refractivity contribution in [3.63, 3.8) is 0 Å². The number of aromatic nitrogens is 2. The van der Waals surface area contributed by atoms with E-state index in [4.69, 9.17) is 16.3 Å². The first-order chi connectivity index (χ1) is 8.79. The van der Waals surface area contributed by atoms with Gasteiger partial charge < -0.3 is 4.74 Å². The molecule has 0 aliphatic carbocycles. The molecule has 0 saturated carbocycles. The van der Waals surface area contributed by atoms with Crippen LogP contribution in [0, 0.1) is 0 Å². The summed E-state index contributed by atoms with van der Waals surface area (Å²) in [5.74, 6) is 0.620. The number of ether oxygens (including phenoxy) is 1. The molecule has 0 fully saturated rings. The van der Waals surface area contributed by atoms with Crippen molar-refractivity contribution in [3.05, 3.63) is 33.9 Å². The van der Waals surface area contributed by atoms with Gasteiger partial charge in [0.1, 0.15) is 16.6 Å². The predicted molar refractivity (Wildman–Crippen MR) is 76.5 cm³/mol. The maximum Gasteiger partial charge on any atom is 0.157 e. The molecular weight excluding hydrogens is 288 g/mol. The zero-order valence-electron chi connectivity index (χ0n) is 9.51. The Hall–Kier alpha value is -1.01. The zero-order chi connectivity index (χ0) is 12.5. The molecule has 0 unspecified atom stereocenters. The average molecular weight is 297 g/mol. The lowest BCUT2D eigenvalue weighted by molar-refractivity contribution is 0.178. The number of methoxy groups -OCH3 is 1. The fourth-order valence-electron chi connectivity index (χ4n) is 1.75. The minimum Gasteiger partial charge on any atom is -0.377 e. The summed E-state index contributed by atoms with van der Waals surface area (Å²) in [5, 5.41) is 5.56. The van der Waals surface area contributed by atoms with E-state index in [-0.39, 0.29) is 0 Å². The lowest BCUT2D eigenvalue weighted by Crippen LogP contribution is -1.96. The molecule has 0 spiro atoms. The number of hydrogen-bond acceptors (Lipinski definition) is 5. The monoisotopic (exact) mass is 296 g/mol. The summed E-state index contributed by atoms with van der Waals surface area (Å²) in [6.45, 7) is 0.377. The third-order valence-corrected chi connectivity index (χ3v) is 4.54. The lowest BCUT2D eigenvalue weighted by atomic mass is 10.2. The summed E-state index contributed by atoms with van der Waals surface area (Å²) >= 11 is 9.53. The second-order valence-electron chi connectivity index (χ2n) is 3.67. The Balaban J connectivity index is 2.20. The second-order valence-corrected chi connectivity index (χ2v) is 5.83. The minimum absolute atomic E-state index is 0.377. The molecule has 0 amide bonds. The van der Waals surface area contributed by atoms with Crippen LogP contribution in [0.4, 0.5) is 0 Å². The Morgan fingerprint density at radius 1 is 1.33 bits per heavy atom. The molecule has 0 aromatic carbocycles. The van der Waals surface area contributed by atoms with Crippen LogP contribution < -0.4 is 0 Å². The van der Waals surface area contributed by atoms with E-state index >= 15 is 0 Å². The average Bonchev–Trinajstić information content (AvgIpc) is 2.96. The molecule has 0 bridgehead atoms. The van der Waals surface area contributed by atoms with E-state index in [0.717, 1.165) is 15.8 Å². The summed E-state index contributed by atoms with van der Waals surface area (Å²) in [4.78, 5) is 10.8. The van der Waals surface area contributed by atoms with Gasteiger partial charge in [-0.25, -0.2) is 9.97 Å². The van der Waals surface area contributed by atoms with Crippen LogP contribution in [-0.2, 0) is 11.3 Å². The van der Waals surface area contributed by atoms with E-state index in [1.807, 2.05) is 11.4 Å². The van der Waals surface area contributed by atoms with Crippen LogP contribution in [0.5, 0.6) is 0 Å². The van der Waals surface area contributed by atoms with Gasteiger partial charge in [-0.05, 0) is 11.4 Å². The molecule has 18 heavy (non-hydrogen) atoms. The summed E-state index contributed by atoms with van der Waals surface area (Å²) in [7, 11) is 1.62. The number of thiophene rings is 2. The van der Waals surface area contributed by atoms with Crippen LogP contribution >= 0.6 is 34.3 Å². The summed E-state index contributed by atoms with van der Waals surface area (Å²) in [6, 6.07) is 4.10. The number of halogens is 1. The molecule has 0 radical (unpaired) electrons. The Bertz CT molecular complexity index is 679. The first-order valence-corrected chi connectivity index (χ1v) is 7.39. The maximum absolute atomic E-state index is 6.27. The van der Waals surface area contributed by atoms with E-state index < -0.39 is 0 Å². The highest BCUT2D eigenvalue weighted by atomic mass is 35.5. The SMILES string of the molecule is COCc1nc(Cl)c2c(-c3cccs3)csc2n1. The van der Waals surface area contributed by atoms with Gasteiger partial charge in [-0.3, -0.25) is 0 Å². The smallest absolute Gasteiger partial charge is 0.157 e. The van der Waals surface area contributed by atoms with Gasteiger partial charge in [-0.2, -0.15) is 0 Å². The third kappa shape index (κ3) is 2.03. The zero-order valence-corrected chi connectivity index (χ0v) is 11.9. The largest absolute Gasteiger partial charge is 0.377 e. The molecule has 3 aromatic rings. The lowest BCUT2D eigenvalue weighted by Gasteiger charge is -2.01. The van der Waals surface area contributed by atoms with Crippen LogP contribution in [0.25, 0.3) is 20.7 Å². The standard InChI is InChI=1S/C12H9ClN2OS2/c1-16-5-9-14-11(13)10-7(6-18-12(10)15-9)8-3-2-4-17-8/h2-4,6H,5H2,1H3. The molecule has 92 valence electrons. The van der Waals surface area contributed by atoms with Crippen molar-refractivity contribution >= 4 is 44.5 Å². The highest BCUT2D eigenvalue weighted by molar-refractivity contribution is 7.18. The van der Waals surface area contributed by atoms with Gasteiger partial charge in [-0.15, -0.1) is 22.7 Å². The molecule has 0 aliphatic rings. The van der Waals surface area contributed by atoms with Crippen molar-refractivity contribution in [1.82, 2.24) is 9.97 Å². The first-order valence-electron chi connectivity index (χ1n) is 5.26. The third-order valence-electron chi connectivity index (χ3n) is 2.50. The van der Waals surface area contributed by atoms with Gasteiger partial charge in [-0.1, -0.05) is 17.7 Å². The van der Waals surface area contributed by atoms with Gasteiger partial charge in [0.15, 0.2) is 5.82 Å². The Morgan fingerprint density at radius 3 is 2.94 bits per heavy atom. The highest BCUT2D eigenvalue weighted by Gasteiger charge is 2.14. The molecule has 0 atom stereocenters. The van der Waals surface area contributed by atoms with Gasteiger partial charge in [0.25, 0.3) is 0 Å². The van der Waals surface area contributed by atoms with Crippen molar-refractivity contribution in [1.29, 1.82) is 0 Å². The Kier molecular flexibility index (Phi) is 3.30. The summed E-state index contributed by atoms with van der Waals surface area (Å²) < 4.78 is 5.03. The molecular formula is C12H9ClN2OS2. The van der Waals surface area contributed by atoms with Crippen molar-refractivity contribution in [2.24, 2.45) is 0 Å². The van der Waals surface area contributed by atoms with Crippen LogP contribution in [0.2, 0.25) is 5.15 Å². The highest BCUT2D eigenvalue weighted by Crippen LogP contribution is 2.38. The van der Waals surface area contributed by atoms with E-state index in [1.165, 1.54) is 4.88 Å². The fraction of sp³-hybridized carbons (Fsp3) is 0.167. The first kappa shape index (κ1) is 12.0. The van der Waals surface area contributed by atoms with E-state index in [1.54, 1.807) is 29.8 Å². The number of hydrogen-bond donors (Lipinski definition) is 0. The second kappa shape index (κ2) is 4.93. The quantitative estimate of drug-likeness (QED) is 0.679. The van der Waals surface area contributed by atoms with Gasteiger partial charge in [0, 0.05) is 22.9 Å². The van der Waals surface area contributed by atoms with Gasteiger partial charge in [0.2, 0.25) is 0 Å². The molecule has 3 heterocycles. The topological polar surface area (TPSA) is 35.0 Å². The van der Waals surface area contributed by atoms with Crippen LogP contribution in [0.3, 0.4) is 0 Å². The van der Waals surface area contributed by atoms with Crippen LogP contribution in [-0.4, -0.2) is 17.1 Å². The summed E-state index contributed by atoms with van der Waals surface area (Å²) in [5.41, 5.74) is 1.11. The van der Waals surface area contributed by atoms with Gasteiger partial charge >= 0.3 is 0 Å². The van der Waals surface area contributed by atoms with Crippen LogP contribution in [0.1, 0.15) is 5.82 Å². The van der Waals surface area contributed by atoms with Gasteiger partial charge in [0.05, 0.1) is 5.39 Å². The Labute approximate surface area is 117 Å². The molecule has 6 heteroatoms. The molecule has 0 saturated heterocycles. The fourth-order valence-corrected chi connectivity index (χ4v) is 3.87. The molecule has 3 aromatic heterocycles. The Morgan fingerprint density at radius 2 is 2.22 bits per heavy atom. The van der Waals surface area contributed by atoms with Crippen LogP contribution in [0.15, 0.2) is 22.9 Å². The molecule has 3 nitrogen and oxygen atoms in total. The normalized spacial score (nSPS) is 11.2. The van der Waals surface area contributed by atoms with Crippen molar-refractivity contribution in [2.75, 3.05) is 7.11 Å². The van der Waals surface area contributed by atoms with E-state index in [0.29, 0.717) is 17.6 Å². The predicted octanol–water partition coefficient (Wildman–Crippen LogP) is 4.22. The molecule has 0 N–H and O–H groups in total. The molecule has 3 rings (SSSR count). The minimum atomic E-state index is 0.377. The number of rotatable bonds is 3. The summed E-state index contributed by atoms with van der Waals surface area (Å²) in [6.07, 6.45) is 0. The maximum atomic E-state index is 6.27. The van der Waals surface area contributed by atoms with E-state index in [9.17, 15) is 0 Å².